The summed E-state index contributed by atoms with van der Waals surface area (Å²) in [6.45, 7) is 0.990. The molecule has 1 fully saturated rings. The van der Waals surface area contributed by atoms with Gasteiger partial charge in [-0.25, -0.2) is 0 Å². The molecular formula is C21H23N2O6S+. The SMILES string of the molecule is COc1cc2c(O)c([S+]3CCN(C(=O)c4ccco4)CC3)c(=O)n(C)c2cc1OC. The van der Waals surface area contributed by atoms with Crippen LogP contribution < -0.4 is 15.0 Å². The Labute approximate surface area is 176 Å². The lowest BCUT2D eigenvalue weighted by Crippen LogP contribution is -2.45. The van der Waals surface area contributed by atoms with E-state index < -0.39 is 10.9 Å². The van der Waals surface area contributed by atoms with E-state index in [4.69, 9.17) is 13.9 Å². The number of aryl methyl sites for hydroxylation is 1. The van der Waals surface area contributed by atoms with Crippen molar-refractivity contribution in [3.8, 4) is 17.2 Å². The largest absolute Gasteiger partial charge is 0.503 e. The van der Waals surface area contributed by atoms with Crippen LogP contribution in [0.4, 0.5) is 0 Å². The van der Waals surface area contributed by atoms with E-state index in [0.29, 0.717) is 57.7 Å². The first-order valence-corrected chi connectivity index (χ1v) is 11.0. The van der Waals surface area contributed by atoms with Gasteiger partial charge in [0.25, 0.3) is 10.8 Å². The Hall–Kier alpha value is -3.07. The first-order chi connectivity index (χ1) is 14.5. The van der Waals surface area contributed by atoms with Crippen molar-refractivity contribution < 1.29 is 23.8 Å². The number of carbonyl (C=O) groups excluding carboxylic acids is 1. The number of hydrogen-bond acceptors (Lipinski definition) is 6. The van der Waals surface area contributed by atoms with Crippen molar-refractivity contribution in [2.24, 2.45) is 7.05 Å². The maximum absolute atomic E-state index is 13.1. The molecule has 0 atom stereocenters. The second-order valence-corrected chi connectivity index (χ2v) is 9.15. The summed E-state index contributed by atoms with van der Waals surface area (Å²) in [7, 11) is 4.25. The zero-order chi connectivity index (χ0) is 21.4. The first-order valence-electron chi connectivity index (χ1n) is 9.44. The molecule has 0 unspecified atom stereocenters. The van der Waals surface area contributed by atoms with E-state index in [0.717, 1.165) is 0 Å². The summed E-state index contributed by atoms with van der Waals surface area (Å²) < 4.78 is 17.4. The number of hydrogen-bond donors (Lipinski definition) is 1. The number of aromatic nitrogens is 1. The van der Waals surface area contributed by atoms with Crippen LogP contribution in [0.3, 0.4) is 0 Å². The van der Waals surface area contributed by atoms with Gasteiger partial charge < -0.3 is 28.5 Å². The van der Waals surface area contributed by atoms with Crippen LogP contribution in [0, 0.1) is 0 Å². The van der Waals surface area contributed by atoms with Crippen molar-refractivity contribution >= 4 is 27.7 Å². The molecule has 1 aliphatic heterocycles. The van der Waals surface area contributed by atoms with E-state index >= 15 is 0 Å². The fourth-order valence-electron chi connectivity index (χ4n) is 3.70. The van der Waals surface area contributed by atoms with Gasteiger partial charge in [-0.3, -0.25) is 9.59 Å². The van der Waals surface area contributed by atoms with Crippen molar-refractivity contribution in [1.29, 1.82) is 0 Å². The summed E-state index contributed by atoms with van der Waals surface area (Å²) in [6, 6.07) is 6.70. The summed E-state index contributed by atoms with van der Waals surface area (Å²) in [5.74, 6) is 2.30. The van der Waals surface area contributed by atoms with Crippen molar-refractivity contribution in [2.45, 2.75) is 4.90 Å². The molecule has 1 aromatic carbocycles. The molecule has 1 saturated heterocycles. The molecule has 4 rings (SSSR count). The Morgan fingerprint density at radius 3 is 2.43 bits per heavy atom. The fraction of sp³-hybridized carbons (Fsp3) is 0.333. The number of aromatic hydroxyl groups is 1. The molecule has 1 N–H and O–H groups in total. The lowest BCUT2D eigenvalue weighted by Gasteiger charge is -2.26. The second-order valence-electron chi connectivity index (χ2n) is 6.94. The standard InChI is InChI=1S/C21H22N2O6S/c1-22-14-12-17(28-3)16(27-2)11-13(14)18(24)19(21(22)26)30-9-6-23(7-10-30)20(25)15-5-4-8-29-15/h4-5,8,11-12H,6-7,9-10H2,1-3H3/p+1. The molecule has 3 aromatic rings. The Morgan fingerprint density at radius 2 is 1.83 bits per heavy atom. The smallest absolute Gasteiger partial charge is 0.310 e. The predicted molar refractivity (Wildman–Crippen MR) is 114 cm³/mol. The molecule has 0 spiro atoms. The summed E-state index contributed by atoms with van der Waals surface area (Å²) >= 11 is 0. The maximum atomic E-state index is 13.1. The van der Waals surface area contributed by atoms with Crippen LogP contribution in [0.5, 0.6) is 17.2 Å². The van der Waals surface area contributed by atoms with Crippen LogP contribution in [-0.4, -0.2) is 59.3 Å². The van der Waals surface area contributed by atoms with Gasteiger partial charge in [0.2, 0.25) is 0 Å². The zero-order valence-corrected chi connectivity index (χ0v) is 17.8. The van der Waals surface area contributed by atoms with Crippen LogP contribution in [0.1, 0.15) is 10.6 Å². The number of benzene rings is 1. The van der Waals surface area contributed by atoms with Crippen molar-refractivity contribution in [2.75, 3.05) is 38.8 Å². The van der Waals surface area contributed by atoms with Gasteiger partial charge in [-0.1, -0.05) is 0 Å². The Balaban J connectivity index is 1.68. The molecule has 0 aliphatic carbocycles. The lowest BCUT2D eigenvalue weighted by molar-refractivity contribution is 0.0739. The monoisotopic (exact) mass is 431 g/mol. The third kappa shape index (κ3) is 3.28. The number of pyridine rings is 1. The maximum Gasteiger partial charge on any atom is 0.310 e. The van der Waals surface area contributed by atoms with E-state index in [1.165, 1.54) is 25.0 Å². The van der Waals surface area contributed by atoms with Gasteiger partial charge in [0.1, 0.15) is 11.5 Å². The highest BCUT2D eigenvalue weighted by molar-refractivity contribution is 7.97. The minimum Gasteiger partial charge on any atom is -0.503 e. The number of nitrogens with zero attached hydrogens (tertiary/aromatic N) is 2. The molecule has 0 bridgehead atoms. The number of rotatable bonds is 4. The fourth-order valence-corrected chi connectivity index (χ4v) is 5.96. The quantitative estimate of drug-likeness (QED) is 0.635. The van der Waals surface area contributed by atoms with Crippen LogP contribution in [0.25, 0.3) is 10.9 Å². The molecule has 8 nitrogen and oxygen atoms in total. The number of methoxy groups -OCH3 is 2. The minimum atomic E-state index is -0.477. The zero-order valence-electron chi connectivity index (χ0n) is 17.0. The van der Waals surface area contributed by atoms with Crippen molar-refractivity contribution in [3.63, 3.8) is 0 Å². The number of ether oxygens (including phenoxy) is 2. The topological polar surface area (TPSA) is 94.1 Å². The Kier molecular flexibility index (Phi) is 5.38. The van der Waals surface area contributed by atoms with Gasteiger partial charge in [-0.2, -0.15) is 0 Å². The highest BCUT2D eigenvalue weighted by Crippen LogP contribution is 2.38. The predicted octanol–water partition coefficient (Wildman–Crippen LogP) is 1.99. The Morgan fingerprint density at radius 1 is 1.17 bits per heavy atom. The third-order valence-corrected chi connectivity index (χ3v) is 7.65. The van der Waals surface area contributed by atoms with E-state index in [1.807, 2.05) is 0 Å². The molecule has 0 radical (unpaired) electrons. The highest BCUT2D eigenvalue weighted by Gasteiger charge is 2.37. The Bertz CT molecular complexity index is 1150. The molecule has 1 aliphatic rings. The molecule has 1 amide bonds. The molecular weight excluding hydrogens is 408 g/mol. The number of furan rings is 1. The van der Waals surface area contributed by atoms with Crippen LogP contribution in [0.15, 0.2) is 44.6 Å². The van der Waals surface area contributed by atoms with Crippen molar-refractivity contribution in [1.82, 2.24) is 9.47 Å². The van der Waals surface area contributed by atoms with Crippen LogP contribution >= 0.6 is 0 Å². The molecule has 9 heteroatoms. The van der Waals surface area contributed by atoms with Crippen LogP contribution in [-0.2, 0) is 17.9 Å². The van der Waals surface area contributed by atoms with E-state index in [-0.39, 0.29) is 17.2 Å². The average Bonchev–Trinajstić information content (AvgIpc) is 3.31. The van der Waals surface area contributed by atoms with Gasteiger partial charge in [-0.05, 0) is 18.2 Å². The minimum absolute atomic E-state index is 0.0248. The summed E-state index contributed by atoms with van der Waals surface area (Å²) in [5.41, 5.74) is 0.329. The summed E-state index contributed by atoms with van der Waals surface area (Å²) in [6.07, 6.45) is 1.47. The first kappa shape index (κ1) is 20.2. The summed E-state index contributed by atoms with van der Waals surface area (Å²) in [4.78, 5) is 27.7. The van der Waals surface area contributed by atoms with Crippen molar-refractivity contribution in [3.05, 3.63) is 46.6 Å². The van der Waals surface area contributed by atoms with E-state index in [2.05, 4.69) is 0 Å². The third-order valence-electron chi connectivity index (χ3n) is 5.36. The number of fused-ring (bicyclic) bond motifs is 1. The van der Waals surface area contributed by atoms with Gasteiger partial charge in [0, 0.05) is 29.4 Å². The molecule has 30 heavy (non-hydrogen) atoms. The van der Waals surface area contributed by atoms with E-state index in [9.17, 15) is 14.7 Å². The number of carbonyl (C=O) groups is 1. The second kappa shape index (κ2) is 7.98. The summed E-state index contributed by atoms with van der Waals surface area (Å²) in [5, 5.41) is 11.6. The van der Waals surface area contributed by atoms with Crippen LogP contribution in [0.2, 0.25) is 0 Å². The lowest BCUT2D eigenvalue weighted by atomic mass is 10.1. The van der Waals surface area contributed by atoms with Gasteiger partial charge in [0.05, 0.1) is 39.1 Å². The van der Waals surface area contributed by atoms with Gasteiger partial charge in [0.15, 0.2) is 23.0 Å². The van der Waals surface area contributed by atoms with Gasteiger partial charge >= 0.3 is 5.56 Å². The van der Waals surface area contributed by atoms with E-state index in [1.54, 1.807) is 36.2 Å². The highest BCUT2D eigenvalue weighted by atomic mass is 32.2. The molecule has 158 valence electrons. The average molecular weight is 431 g/mol. The number of amides is 1. The molecule has 0 saturated carbocycles. The molecule has 3 heterocycles. The molecule has 2 aromatic heterocycles. The normalized spacial score (nSPS) is 14.8. The van der Waals surface area contributed by atoms with Gasteiger partial charge in [-0.15, -0.1) is 0 Å².